The molecule has 0 heterocycles. The van der Waals surface area contributed by atoms with Crippen LogP contribution >= 0.6 is 11.6 Å². The van der Waals surface area contributed by atoms with Crippen LogP contribution in [0.5, 0.6) is 0 Å². The minimum absolute atomic E-state index is 0.0514. The third kappa shape index (κ3) is 4.18. The van der Waals surface area contributed by atoms with E-state index in [-0.39, 0.29) is 28.1 Å². The maximum Gasteiger partial charge on any atom is 0.242 e. The standard InChI is InChI=1S/C13H17ClN2O3S/c1-10(2)19-7-6-16(3)20(17,18)12-5-4-11(9-15)13(14)8-12/h4-5,8,10H,6-7H2,1-3H3. The highest BCUT2D eigenvalue weighted by Crippen LogP contribution is 2.22. The molecule has 0 bridgehead atoms. The molecule has 110 valence electrons. The Bertz CT molecular complexity index is 609. The Kier molecular flexibility index (Phi) is 5.96. The first kappa shape index (κ1) is 16.9. The molecule has 0 aromatic heterocycles. The molecule has 1 rings (SSSR count). The minimum atomic E-state index is -3.62. The van der Waals surface area contributed by atoms with Gasteiger partial charge in [-0.05, 0) is 32.0 Å². The monoisotopic (exact) mass is 316 g/mol. The number of nitrogens with zero attached hydrogens (tertiary/aromatic N) is 2. The van der Waals surface area contributed by atoms with E-state index in [4.69, 9.17) is 21.6 Å². The Morgan fingerprint density at radius 1 is 1.45 bits per heavy atom. The second kappa shape index (κ2) is 7.04. The molecule has 0 amide bonds. The number of hydrogen-bond acceptors (Lipinski definition) is 4. The second-order valence-corrected chi connectivity index (χ2v) is 6.95. The zero-order valence-corrected chi connectivity index (χ0v) is 13.2. The van der Waals surface area contributed by atoms with Gasteiger partial charge in [0, 0.05) is 13.6 Å². The molecule has 0 aliphatic rings. The fraction of sp³-hybridized carbons (Fsp3) is 0.462. The molecular formula is C13H17ClN2O3S. The maximum absolute atomic E-state index is 12.3. The first-order chi connectivity index (χ1) is 9.28. The molecule has 0 N–H and O–H groups in total. The van der Waals surface area contributed by atoms with Crippen molar-refractivity contribution in [3.63, 3.8) is 0 Å². The Morgan fingerprint density at radius 3 is 2.60 bits per heavy atom. The smallest absolute Gasteiger partial charge is 0.242 e. The molecule has 0 saturated carbocycles. The molecule has 1 aromatic carbocycles. The van der Waals surface area contributed by atoms with E-state index in [9.17, 15) is 8.42 Å². The van der Waals surface area contributed by atoms with Gasteiger partial charge in [0.2, 0.25) is 10.0 Å². The number of hydrogen-bond donors (Lipinski definition) is 0. The molecule has 5 nitrogen and oxygen atoms in total. The predicted molar refractivity (Wildman–Crippen MR) is 77.1 cm³/mol. The summed E-state index contributed by atoms with van der Waals surface area (Å²) in [5.74, 6) is 0. The van der Waals surface area contributed by atoms with Crippen LogP contribution in [0.3, 0.4) is 0 Å². The predicted octanol–water partition coefficient (Wildman–Crippen LogP) is 2.26. The van der Waals surface area contributed by atoms with Crippen LogP contribution < -0.4 is 0 Å². The normalized spacial score (nSPS) is 11.8. The van der Waals surface area contributed by atoms with Gasteiger partial charge in [0.05, 0.1) is 28.2 Å². The van der Waals surface area contributed by atoms with Gasteiger partial charge in [0.15, 0.2) is 0 Å². The Balaban J connectivity index is 2.88. The summed E-state index contributed by atoms with van der Waals surface area (Å²) in [4.78, 5) is 0.0635. The fourth-order valence-electron chi connectivity index (χ4n) is 1.46. The van der Waals surface area contributed by atoms with Crippen LogP contribution in [0.1, 0.15) is 19.4 Å². The van der Waals surface area contributed by atoms with Gasteiger partial charge in [-0.2, -0.15) is 9.57 Å². The van der Waals surface area contributed by atoms with Gasteiger partial charge < -0.3 is 4.74 Å². The lowest BCUT2D eigenvalue weighted by Gasteiger charge is -2.18. The lowest BCUT2D eigenvalue weighted by atomic mass is 10.2. The highest BCUT2D eigenvalue weighted by molar-refractivity contribution is 7.89. The molecule has 20 heavy (non-hydrogen) atoms. The third-order valence-electron chi connectivity index (χ3n) is 2.63. The zero-order valence-electron chi connectivity index (χ0n) is 11.6. The third-order valence-corrected chi connectivity index (χ3v) is 4.79. The molecule has 0 saturated heterocycles. The Morgan fingerprint density at radius 2 is 2.10 bits per heavy atom. The molecule has 0 fully saturated rings. The van der Waals surface area contributed by atoms with Gasteiger partial charge in [-0.15, -0.1) is 0 Å². The molecule has 7 heteroatoms. The van der Waals surface area contributed by atoms with Crippen LogP contribution in [-0.2, 0) is 14.8 Å². The van der Waals surface area contributed by atoms with E-state index in [1.807, 2.05) is 19.9 Å². The van der Waals surface area contributed by atoms with Crippen molar-refractivity contribution in [2.24, 2.45) is 0 Å². The molecule has 1 aromatic rings. The fourth-order valence-corrected chi connectivity index (χ4v) is 2.93. The van der Waals surface area contributed by atoms with Crippen LogP contribution in [0.2, 0.25) is 5.02 Å². The summed E-state index contributed by atoms with van der Waals surface area (Å²) in [7, 11) is -2.15. The summed E-state index contributed by atoms with van der Waals surface area (Å²) in [5.41, 5.74) is 0.247. The number of benzene rings is 1. The summed E-state index contributed by atoms with van der Waals surface area (Å²) in [5, 5.41) is 8.90. The van der Waals surface area contributed by atoms with Crippen molar-refractivity contribution in [1.82, 2.24) is 4.31 Å². The van der Waals surface area contributed by atoms with E-state index in [2.05, 4.69) is 0 Å². The topological polar surface area (TPSA) is 70.4 Å². The van der Waals surface area contributed by atoms with E-state index in [1.54, 1.807) is 0 Å². The molecule has 0 unspecified atom stereocenters. The number of halogens is 1. The lowest BCUT2D eigenvalue weighted by Crippen LogP contribution is -2.30. The zero-order chi connectivity index (χ0) is 15.3. The molecule has 0 radical (unpaired) electrons. The lowest BCUT2D eigenvalue weighted by molar-refractivity contribution is 0.0737. The molecule has 0 atom stereocenters. The summed E-state index contributed by atoms with van der Waals surface area (Å²) in [6.07, 6.45) is 0.0514. The van der Waals surface area contributed by atoms with E-state index in [0.29, 0.717) is 6.61 Å². The van der Waals surface area contributed by atoms with E-state index >= 15 is 0 Å². The largest absolute Gasteiger partial charge is 0.377 e. The summed E-state index contributed by atoms with van der Waals surface area (Å²) < 4.78 is 31.1. The highest BCUT2D eigenvalue weighted by Gasteiger charge is 2.21. The molecular weight excluding hydrogens is 300 g/mol. The summed E-state index contributed by atoms with van der Waals surface area (Å²) in [6.45, 7) is 4.33. The van der Waals surface area contributed by atoms with Gasteiger partial charge in [-0.25, -0.2) is 8.42 Å². The molecule has 0 aliphatic carbocycles. The Labute approximate surface area is 124 Å². The molecule has 0 spiro atoms. The van der Waals surface area contributed by atoms with Gasteiger partial charge in [-0.3, -0.25) is 0 Å². The first-order valence-corrected chi connectivity index (χ1v) is 7.88. The van der Waals surface area contributed by atoms with Crippen LogP contribution in [-0.4, -0.2) is 39.0 Å². The quantitative estimate of drug-likeness (QED) is 0.807. The number of rotatable bonds is 6. The Hall–Kier alpha value is -1.13. The average Bonchev–Trinajstić information content (AvgIpc) is 2.37. The van der Waals surface area contributed by atoms with Crippen LogP contribution in [0, 0.1) is 11.3 Å². The van der Waals surface area contributed by atoms with Gasteiger partial charge in [0.25, 0.3) is 0 Å². The van der Waals surface area contributed by atoms with E-state index < -0.39 is 10.0 Å². The summed E-state index contributed by atoms with van der Waals surface area (Å²) in [6, 6.07) is 5.95. The summed E-state index contributed by atoms with van der Waals surface area (Å²) >= 11 is 5.86. The van der Waals surface area contributed by atoms with Crippen molar-refractivity contribution < 1.29 is 13.2 Å². The van der Waals surface area contributed by atoms with Gasteiger partial charge in [-0.1, -0.05) is 11.6 Å². The van der Waals surface area contributed by atoms with E-state index in [0.717, 1.165) is 0 Å². The van der Waals surface area contributed by atoms with Crippen molar-refractivity contribution in [2.75, 3.05) is 20.2 Å². The van der Waals surface area contributed by atoms with Gasteiger partial charge >= 0.3 is 0 Å². The van der Waals surface area contributed by atoms with Crippen molar-refractivity contribution in [2.45, 2.75) is 24.8 Å². The highest BCUT2D eigenvalue weighted by atomic mass is 35.5. The van der Waals surface area contributed by atoms with Crippen LogP contribution in [0.4, 0.5) is 0 Å². The average molecular weight is 317 g/mol. The number of sulfonamides is 1. The number of likely N-dealkylation sites (N-methyl/N-ethyl adjacent to an activating group) is 1. The van der Waals surface area contributed by atoms with Crippen molar-refractivity contribution in [1.29, 1.82) is 5.26 Å². The van der Waals surface area contributed by atoms with Crippen molar-refractivity contribution >= 4 is 21.6 Å². The van der Waals surface area contributed by atoms with E-state index in [1.165, 1.54) is 29.6 Å². The number of ether oxygens (including phenoxy) is 1. The molecule has 0 aliphatic heterocycles. The van der Waals surface area contributed by atoms with Gasteiger partial charge in [0.1, 0.15) is 6.07 Å². The van der Waals surface area contributed by atoms with Crippen molar-refractivity contribution in [3.8, 4) is 6.07 Å². The van der Waals surface area contributed by atoms with Crippen LogP contribution in [0.25, 0.3) is 0 Å². The van der Waals surface area contributed by atoms with Crippen molar-refractivity contribution in [3.05, 3.63) is 28.8 Å². The minimum Gasteiger partial charge on any atom is -0.377 e. The maximum atomic E-state index is 12.3. The van der Waals surface area contributed by atoms with Crippen LogP contribution in [0.15, 0.2) is 23.1 Å². The first-order valence-electron chi connectivity index (χ1n) is 6.06. The number of nitriles is 1. The SMILES string of the molecule is CC(C)OCCN(C)S(=O)(=O)c1ccc(C#N)c(Cl)c1. The second-order valence-electron chi connectivity index (χ2n) is 4.50.